The molecule has 202 valence electrons. The molecule has 0 aliphatic carbocycles. The highest BCUT2D eigenvalue weighted by Gasteiger charge is 2.28. The van der Waals surface area contributed by atoms with Crippen LogP contribution in [0.3, 0.4) is 0 Å². The van der Waals surface area contributed by atoms with E-state index < -0.39 is 0 Å². The Morgan fingerprint density at radius 3 is 2.36 bits per heavy atom. The Morgan fingerprint density at radius 1 is 1.00 bits per heavy atom. The number of aromatic nitrogens is 2. The zero-order chi connectivity index (χ0) is 26.9. The second kappa shape index (κ2) is 13.3. The van der Waals surface area contributed by atoms with Crippen LogP contribution >= 0.6 is 0 Å². The third kappa shape index (κ3) is 7.15. The quantitative estimate of drug-likeness (QED) is 0.296. The molecule has 39 heavy (non-hydrogen) atoms. The number of carbonyl (C=O) groups excluding carboxylic acids is 1. The van der Waals surface area contributed by atoms with Crippen LogP contribution in [0.15, 0.2) is 97.5 Å². The smallest absolute Gasteiger partial charge is 0.224 e. The number of ether oxygens (including phenoxy) is 1. The van der Waals surface area contributed by atoms with Gasteiger partial charge in [0.1, 0.15) is 5.75 Å². The number of amides is 1. The van der Waals surface area contributed by atoms with Crippen molar-refractivity contribution < 1.29 is 9.53 Å². The maximum Gasteiger partial charge on any atom is 0.224 e. The number of benzene rings is 3. The molecular formula is C33H38N4O2. The summed E-state index contributed by atoms with van der Waals surface area (Å²) in [6.07, 6.45) is 6.49. The summed E-state index contributed by atoms with van der Waals surface area (Å²) in [4.78, 5) is 20.0. The predicted molar refractivity (Wildman–Crippen MR) is 155 cm³/mol. The molecule has 2 heterocycles. The Balaban J connectivity index is 1.14. The Labute approximate surface area is 231 Å². The average molecular weight is 523 g/mol. The molecular weight excluding hydrogens is 484 g/mol. The van der Waals surface area contributed by atoms with Crippen molar-refractivity contribution in [3.63, 3.8) is 0 Å². The second-order valence-corrected chi connectivity index (χ2v) is 10.4. The first-order valence-electron chi connectivity index (χ1n) is 13.9. The van der Waals surface area contributed by atoms with E-state index in [0.717, 1.165) is 56.9 Å². The minimum atomic E-state index is 0.0233. The molecule has 1 saturated heterocycles. The molecule has 3 aromatic carbocycles. The zero-order valence-electron chi connectivity index (χ0n) is 22.7. The van der Waals surface area contributed by atoms with Gasteiger partial charge in [-0.15, -0.1) is 0 Å². The van der Waals surface area contributed by atoms with Crippen molar-refractivity contribution in [1.82, 2.24) is 19.8 Å². The summed E-state index contributed by atoms with van der Waals surface area (Å²) in [6.45, 7) is 4.11. The van der Waals surface area contributed by atoms with Crippen LogP contribution in [0.4, 0.5) is 0 Å². The van der Waals surface area contributed by atoms with Crippen LogP contribution in [0.25, 0.3) is 0 Å². The molecule has 1 unspecified atom stereocenters. The Hall–Kier alpha value is -3.90. The van der Waals surface area contributed by atoms with Crippen LogP contribution in [-0.4, -0.2) is 53.6 Å². The highest BCUT2D eigenvalue weighted by molar-refractivity contribution is 5.79. The van der Waals surface area contributed by atoms with Gasteiger partial charge in [0.05, 0.1) is 19.4 Å². The normalized spacial score (nSPS) is 15.8. The van der Waals surface area contributed by atoms with Gasteiger partial charge in [-0.05, 0) is 48.2 Å². The summed E-state index contributed by atoms with van der Waals surface area (Å²) in [6, 6.07) is 29.5. The standard InChI is InChI=1S/C33H38N4O2/c1-39-31-16-14-26(15-17-31)22-37-25-34-21-30(37)18-19-35-33(38)29-13-8-20-36(23-29)24-32(27-9-4-2-5-10-27)28-11-6-3-7-12-28/h2-7,9-12,14-17,21,25,29,32H,8,13,18-20,22-24H2,1H3,(H,35,38). The van der Waals surface area contributed by atoms with E-state index in [0.29, 0.717) is 12.5 Å². The molecule has 1 aromatic heterocycles. The fourth-order valence-corrected chi connectivity index (χ4v) is 5.55. The Morgan fingerprint density at radius 2 is 1.69 bits per heavy atom. The zero-order valence-corrected chi connectivity index (χ0v) is 22.7. The molecule has 0 spiro atoms. The van der Waals surface area contributed by atoms with Gasteiger partial charge in [0.2, 0.25) is 5.91 Å². The molecule has 1 aliphatic rings. The first kappa shape index (κ1) is 26.7. The average Bonchev–Trinajstić information content (AvgIpc) is 3.44. The first-order chi connectivity index (χ1) is 19.2. The molecule has 1 aliphatic heterocycles. The highest BCUT2D eigenvalue weighted by Crippen LogP contribution is 2.28. The van der Waals surface area contributed by atoms with Gasteiger partial charge in [-0.3, -0.25) is 4.79 Å². The molecule has 1 amide bonds. The number of rotatable bonds is 11. The molecule has 1 atom stereocenters. The first-order valence-corrected chi connectivity index (χ1v) is 13.9. The molecule has 4 aromatic rings. The number of piperidine rings is 1. The fraction of sp³-hybridized carbons (Fsp3) is 0.333. The van der Waals surface area contributed by atoms with E-state index in [1.165, 1.54) is 16.7 Å². The van der Waals surface area contributed by atoms with Gasteiger partial charge in [-0.2, -0.15) is 0 Å². The number of imidazole rings is 1. The maximum atomic E-state index is 13.2. The Kier molecular flexibility index (Phi) is 9.07. The van der Waals surface area contributed by atoms with Gasteiger partial charge in [0, 0.05) is 50.4 Å². The van der Waals surface area contributed by atoms with Crippen molar-refractivity contribution in [2.45, 2.75) is 31.7 Å². The van der Waals surface area contributed by atoms with E-state index >= 15 is 0 Å². The summed E-state index contributed by atoms with van der Waals surface area (Å²) >= 11 is 0. The fourth-order valence-electron chi connectivity index (χ4n) is 5.55. The second-order valence-electron chi connectivity index (χ2n) is 10.4. The summed E-state index contributed by atoms with van der Waals surface area (Å²) in [7, 11) is 1.67. The van der Waals surface area contributed by atoms with Crippen molar-refractivity contribution in [3.8, 4) is 5.75 Å². The third-order valence-corrected chi connectivity index (χ3v) is 7.71. The van der Waals surface area contributed by atoms with Gasteiger partial charge in [0.15, 0.2) is 0 Å². The van der Waals surface area contributed by atoms with E-state index in [2.05, 4.69) is 92.6 Å². The minimum Gasteiger partial charge on any atom is -0.497 e. The Bertz CT molecular complexity index is 1270. The molecule has 0 saturated carbocycles. The van der Waals surface area contributed by atoms with E-state index in [9.17, 15) is 4.79 Å². The van der Waals surface area contributed by atoms with Crippen molar-refractivity contribution in [2.24, 2.45) is 5.92 Å². The van der Waals surface area contributed by atoms with Gasteiger partial charge >= 0.3 is 0 Å². The van der Waals surface area contributed by atoms with E-state index in [1.54, 1.807) is 7.11 Å². The lowest BCUT2D eigenvalue weighted by Gasteiger charge is -2.34. The van der Waals surface area contributed by atoms with Gasteiger partial charge in [-0.25, -0.2) is 4.98 Å². The van der Waals surface area contributed by atoms with E-state index in [4.69, 9.17) is 4.74 Å². The van der Waals surface area contributed by atoms with Crippen LogP contribution in [-0.2, 0) is 17.8 Å². The number of nitrogens with zero attached hydrogens (tertiary/aromatic N) is 3. The van der Waals surface area contributed by atoms with Crippen molar-refractivity contribution in [2.75, 3.05) is 33.3 Å². The van der Waals surface area contributed by atoms with Crippen LogP contribution in [0.5, 0.6) is 5.75 Å². The molecule has 1 N–H and O–H groups in total. The summed E-state index contributed by atoms with van der Waals surface area (Å²) in [5.74, 6) is 1.33. The molecule has 0 bridgehead atoms. The maximum absolute atomic E-state index is 13.2. The van der Waals surface area contributed by atoms with Crippen LogP contribution in [0.1, 0.15) is 41.1 Å². The predicted octanol–water partition coefficient (Wildman–Crippen LogP) is 5.14. The number of hydrogen-bond acceptors (Lipinski definition) is 4. The molecule has 1 fully saturated rings. The monoisotopic (exact) mass is 522 g/mol. The lowest BCUT2D eigenvalue weighted by Crippen LogP contribution is -2.44. The van der Waals surface area contributed by atoms with Gasteiger partial charge < -0.3 is 19.5 Å². The third-order valence-electron chi connectivity index (χ3n) is 7.71. The highest BCUT2D eigenvalue weighted by atomic mass is 16.5. The number of likely N-dealkylation sites (tertiary alicyclic amines) is 1. The molecule has 0 radical (unpaired) electrons. The minimum absolute atomic E-state index is 0.0233. The van der Waals surface area contributed by atoms with Crippen molar-refractivity contribution in [3.05, 3.63) is 120 Å². The topological polar surface area (TPSA) is 59.4 Å². The van der Waals surface area contributed by atoms with Crippen LogP contribution in [0, 0.1) is 5.92 Å². The summed E-state index contributed by atoms with van der Waals surface area (Å²) in [5.41, 5.74) is 4.94. The largest absolute Gasteiger partial charge is 0.497 e. The summed E-state index contributed by atoms with van der Waals surface area (Å²) in [5, 5.41) is 3.21. The molecule has 6 nitrogen and oxygen atoms in total. The van der Waals surface area contributed by atoms with Gasteiger partial charge in [0.25, 0.3) is 0 Å². The number of methoxy groups -OCH3 is 1. The van der Waals surface area contributed by atoms with Gasteiger partial charge in [-0.1, -0.05) is 72.8 Å². The summed E-state index contributed by atoms with van der Waals surface area (Å²) < 4.78 is 7.40. The number of hydrogen-bond donors (Lipinski definition) is 1. The number of nitrogens with one attached hydrogen (secondary N) is 1. The van der Waals surface area contributed by atoms with E-state index in [-0.39, 0.29) is 11.8 Å². The lowest BCUT2D eigenvalue weighted by atomic mass is 9.89. The van der Waals surface area contributed by atoms with Crippen LogP contribution in [0.2, 0.25) is 0 Å². The van der Waals surface area contributed by atoms with Crippen molar-refractivity contribution >= 4 is 5.91 Å². The van der Waals surface area contributed by atoms with E-state index in [1.807, 2.05) is 24.7 Å². The molecule has 5 rings (SSSR count). The van der Waals surface area contributed by atoms with Crippen LogP contribution < -0.4 is 10.1 Å². The van der Waals surface area contributed by atoms with Crippen molar-refractivity contribution in [1.29, 1.82) is 0 Å². The lowest BCUT2D eigenvalue weighted by molar-refractivity contribution is -0.126. The number of carbonyl (C=O) groups is 1. The molecule has 6 heteroatoms. The SMILES string of the molecule is COc1ccc(Cn2cncc2CCNC(=O)C2CCCN(CC(c3ccccc3)c3ccccc3)C2)cc1.